The summed E-state index contributed by atoms with van der Waals surface area (Å²) in [6.07, 6.45) is 5.08. The van der Waals surface area contributed by atoms with E-state index < -0.39 is 0 Å². The van der Waals surface area contributed by atoms with Crippen LogP contribution in [-0.4, -0.2) is 9.78 Å². The van der Waals surface area contributed by atoms with E-state index in [0.717, 1.165) is 25.8 Å². The maximum atomic E-state index is 4.48. The normalized spacial score (nSPS) is 10.3. The topological polar surface area (TPSA) is 17.8 Å². The van der Waals surface area contributed by atoms with Crippen molar-refractivity contribution in [2.24, 2.45) is 0 Å². The quantitative estimate of drug-likeness (QED) is 0.634. The molecule has 0 saturated carbocycles. The lowest BCUT2D eigenvalue weighted by Crippen LogP contribution is -2.02. The van der Waals surface area contributed by atoms with Crippen molar-refractivity contribution >= 4 is 0 Å². The van der Waals surface area contributed by atoms with Crippen LogP contribution in [0.5, 0.6) is 0 Å². The van der Waals surface area contributed by atoms with Crippen molar-refractivity contribution in [3.63, 3.8) is 0 Å². The van der Waals surface area contributed by atoms with Gasteiger partial charge in [0.25, 0.3) is 0 Å². The first kappa shape index (κ1) is 10.0. The Kier molecular flexibility index (Phi) is 3.74. The Morgan fingerprint density at radius 2 is 2.31 bits per heavy atom. The van der Waals surface area contributed by atoms with E-state index in [1.54, 1.807) is 0 Å². The van der Waals surface area contributed by atoms with Gasteiger partial charge in [0.05, 0.1) is 5.69 Å². The van der Waals surface area contributed by atoms with Gasteiger partial charge in [0.1, 0.15) is 0 Å². The molecule has 0 aliphatic rings. The lowest BCUT2D eigenvalue weighted by atomic mass is 10.2. The van der Waals surface area contributed by atoms with Gasteiger partial charge in [-0.15, -0.1) is 6.58 Å². The molecule has 1 heterocycles. The lowest BCUT2D eigenvalue weighted by Gasteiger charge is -2.01. The summed E-state index contributed by atoms with van der Waals surface area (Å²) in [6, 6.07) is 2.20. The molecule has 0 radical (unpaired) electrons. The first-order valence-electron chi connectivity index (χ1n) is 4.98. The average molecular weight is 178 g/mol. The summed E-state index contributed by atoms with van der Waals surface area (Å²) in [5, 5.41) is 4.48. The van der Waals surface area contributed by atoms with Gasteiger partial charge in [0, 0.05) is 12.2 Å². The molecule has 13 heavy (non-hydrogen) atoms. The Morgan fingerprint density at radius 3 is 2.85 bits per heavy atom. The summed E-state index contributed by atoms with van der Waals surface area (Å²) >= 11 is 0. The van der Waals surface area contributed by atoms with Crippen molar-refractivity contribution in [1.82, 2.24) is 9.78 Å². The third kappa shape index (κ3) is 2.44. The highest BCUT2D eigenvalue weighted by Crippen LogP contribution is 2.08. The van der Waals surface area contributed by atoms with Crippen molar-refractivity contribution in [1.29, 1.82) is 0 Å². The molecule has 1 rings (SSSR count). The minimum Gasteiger partial charge on any atom is -0.270 e. The SMILES string of the molecule is C=CCCc1cc(CC)nn1CC. The highest BCUT2D eigenvalue weighted by atomic mass is 15.3. The Balaban J connectivity index is 2.77. The molecule has 0 aliphatic carbocycles. The highest BCUT2D eigenvalue weighted by molar-refractivity contribution is 5.11. The zero-order valence-electron chi connectivity index (χ0n) is 8.58. The first-order valence-corrected chi connectivity index (χ1v) is 4.98. The van der Waals surface area contributed by atoms with E-state index in [-0.39, 0.29) is 0 Å². The van der Waals surface area contributed by atoms with Crippen LogP contribution >= 0.6 is 0 Å². The van der Waals surface area contributed by atoms with Crippen LogP contribution in [0.3, 0.4) is 0 Å². The van der Waals surface area contributed by atoms with Crippen LogP contribution in [0.4, 0.5) is 0 Å². The maximum Gasteiger partial charge on any atom is 0.0624 e. The van der Waals surface area contributed by atoms with E-state index >= 15 is 0 Å². The molecule has 2 nitrogen and oxygen atoms in total. The molecule has 1 aromatic rings. The summed E-state index contributed by atoms with van der Waals surface area (Å²) in [7, 11) is 0. The van der Waals surface area contributed by atoms with Crippen LogP contribution in [0.1, 0.15) is 31.7 Å². The van der Waals surface area contributed by atoms with Gasteiger partial charge in [-0.1, -0.05) is 13.0 Å². The summed E-state index contributed by atoms with van der Waals surface area (Å²) < 4.78 is 2.09. The van der Waals surface area contributed by atoms with Gasteiger partial charge in [-0.05, 0) is 32.3 Å². The second kappa shape index (κ2) is 4.85. The number of nitrogens with zero attached hydrogens (tertiary/aromatic N) is 2. The third-order valence-corrected chi connectivity index (χ3v) is 2.18. The van der Waals surface area contributed by atoms with E-state index in [4.69, 9.17) is 0 Å². The van der Waals surface area contributed by atoms with Crippen LogP contribution in [0.2, 0.25) is 0 Å². The van der Waals surface area contributed by atoms with Crippen molar-refractivity contribution in [2.75, 3.05) is 0 Å². The van der Waals surface area contributed by atoms with E-state index in [2.05, 4.69) is 36.3 Å². The average Bonchev–Trinajstić information content (AvgIpc) is 2.57. The Labute approximate surface area is 80.3 Å². The van der Waals surface area contributed by atoms with Crippen LogP contribution in [-0.2, 0) is 19.4 Å². The number of aromatic nitrogens is 2. The van der Waals surface area contributed by atoms with E-state index in [9.17, 15) is 0 Å². The summed E-state index contributed by atoms with van der Waals surface area (Å²) in [5.41, 5.74) is 2.53. The number of hydrogen-bond donors (Lipinski definition) is 0. The number of allylic oxidation sites excluding steroid dienone is 1. The van der Waals surface area contributed by atoms with Gasteiger partial charge >= 0.3 is 0 Å². The fourth-order valence-corrected chi connectivity index (χ4v) is 1.41. The number of hydrogen-bond acceptors (Lipinski definition) is 1. The number of rotatable bonds is 5. The predicted octanol–water partition coefficient (Wildman–Crippen LogP) is 2.58. The zero-order valence-corrected chi connectivity index (χ0v) is 8.58. The molecule has 0 N–H and O–H groups in total. The molecule has 2 heteroatoms. The van der Waals surface area contributed by atoms with Crippen LogP contribution in [0, 0.1) is 0 Å². The Morgan fingerprint density at radius 1 is 1.54 bits per heavy atom. The summed E-state index contributed by atoms with van der Waals surface area (Å²) in [6.45, 7) is 8.96. The second-order valence-corrected chi connectivity index (χ2v) is 3.12. The standard InChI is InChI=1S/C11H18N2/c1-4-7-8-11-9-10(5-2)12-13(11)6-3/h4,9H,1,5-8H2,2-3H3. The zero-order chi connectivity index (χ0) is 9.68. The highest BCUT2D eigenvalue weighted by Gasteiger charge is 2.03. The van der Waals surface area contributed by atoms with Gasteiger partial charge in [-0.25, -0.2) is 0 Å². The molecule has 0 aliphatic heterocycles. The molecule has 1 aromatic heterocycles. The minimum absolute atomic E-state index is 0.965. The molecule has 0 aromatic carbocycles. The third-order valence-electron chi connectivity index (χ3n) is 2.18. The Bertz CT molecular complexity index is 274. The number of aryl methyl sites for hydroxylation is 3. The van der Waals surface area contributed by atoms with Gasteiger partial charge in [-0.3, -0.25) is 4.68 Å². The van der Waals surface area contributed by atoms with Crippen molar-refractivity contribution in [3.8, 4) is 0 Å². The molecule has 0 saturated heterocycles. The van der Waals surface area contributed by atoms with Gasteiger partial charge in [-0.2, -0.15) is 5.10 Å². The van der Waals surface area contributed by atoms with E-state index in [1.807, 2.05) is 6.08 Å². The fraction of sp³-hybridized carbons (Fsp3) is 0.545. The molecule has 0 amide bonds. The molecule has 0 atom stereocenters. The maximum absolute atomic E-state index is 4.48. The van der Waals surface area contributed by atoms with Crippen LogP contribution in [0.25, 0.3) is 0 Å². The fourth-order valence-electron chi connectivity index (χ4n) is 1.41. The largest absolute Gasteiger partial charge is 0.270 e. The summed E-state index contributed by atoms with van der Waals surface area (Å²) in [5.74, 6) is 0. The van der Waals surface area contributed by atoms with Crippen molar-refractivity contribution in [2.45, 2.75) is 39.7 Å². The van der Waals surface area contributed by atoms with Crippen LogP contribution < -0.4 is 0 Å². The molecule has 72 valence electrons. The molecular weight excluding hydrogens is 160 g/mol. The predicted molar refractivity (Wildman–Crippen MR) is 55.8 cm³/mol. The van der Waals surface area contributed by atoms with Crippen molar-refractivity contribution < 1.29 is 0 Å². The van der Waals surface area contributed by atoms with Crippen molar-refractivity contribution in [3.05, 3.63) is 30.1 Å². The molecule has 0 fully saturated rings. The molecule has 0 spiro atoms. The summed E-state index contributed by atoms with van der Waals surface area (Å²) in [4.78, 5) is 0. The monoisotopic (exact) mass is 178 g/mol. The van der Waals surface area contributed by atoms with Gasteiger partial charge < -0.3 is 0 Å². The molecular formula is C11H18N2. The van der Waals surface area contributed by atoms with Gasteiger partial charge in [0.2, 0.25) is 0 Å². The Hall–Kier alpha value is -1.05. The molecule has 0 unspecified atom stereocenters. The van der Waals surface area contributed by atoms with Crippen LogP contribution in [0.15, 0.2) is 18.7 Å². The minimum atomic E-state index is 0.965. The van der Waals surface area contributed by atoms with E-state index in [1.165, 1.54) is 11.4 Å². The lowest BCUT2D eigenvalue weighted by molar-refractivity contribution is 0.612. The second-order valence-electron chi connectivity index (χ2n) is 3.12. The smallest absolute Gasteiger partial charge is 0.0624 e. The van der Waals surface area contributed by atoms with E-state index in [0.29, 0.717) is 0 Å². The molecule has 0 bridgehead atoms. The van der Waals surface area contributed by atoms with Gasteiger partial charge in [0.15, 0.2) is 0 Å². The first-order chi connectivity index (χ1) is 6.31.